The van der Waals surface area contributed by atoms with Gasteiger partial charge < -0.3 is 4.74 Å². The number of nitrogens with zero attached hydrogens (tertiary/aromatic N) is 2. The van der Waals surface area contributed by atoms with E-state index in [0.29, 0.717) is 6.61 Å². The van der Waals surface area contributed by atoms with Crippen LogP contribution in [-0.4, -0.2) is 28.4 Å². The lowest BCUT2D eigenvalue weighted by Crippen LogP contribution is -2.36. The molecular weight excluding hydrogens is 206 g/mol. The quantitative estimate of drug-likeness (QED) is 0.760. The molecule has 5 heteroatoms. The summed E-state index contributed by atoms with van der Waals surface area (Å²) in [6, 6.07) is -0.233. The Morgan fingerprint density at radius 2 is 2.31 bits per heavy atom. The van der Waals surface area contributed by atoms with Crippen molar-refractivity contribution >= 4 is 5.97 Å². The number of ether oxygens (including phenoxy) is 1. The van der Waals surface area contributed by atoms with E-state index < -0.39 is 0 Å². The summed E-state index contributed by atoms with van der Waals surface area (Å²) in [6.45, 7) is 6.00. The van der Waals surface area contributed by atoms with Crippen LogP contribution in [0.25, 0.3) is 0 Å². The molecule has 0 amide bonds. The Balaban J connectivity index is 2.51. The highest BCUT2D eigenvalue weighted by Crippen LogP contribution is 2.11. The summed E-state index contributed by atoms with van der Waals surface area (Å²) in [4.78, 5) is 11.4. The van der Waals surface area contributed by atoms with E-state index in [4.69, 9.17) is 4.74 Å². The topological polar surface area (TPSA) is 56.1 Å². The van der Waals surface area contributed by atoms with Crippen LogP contribution in [-0.2, 0) is 16.6 Å². The minimum atomic E-state index is -0.310. The van der Waals surface area contributed by atoms with Crippen LogP contribution >= 0.6 is 0 Å². The third kappa shape index (κ3) is 3.34. The highest BCUT2D eigenvalue weighted by atomic mass is 16.5. The van der Waals surface area contributed by atoms with Crippen LogP contribution in [0.2, 0.25) is 0 Å². The van der Waals surface area contributed by atoms with E-state index in [1.807, 2.05) is 20.2 Å². The van der Waals surface area contributed by atoms with Crippen LogP contribution in [0.3, 0.4) is 0 Å². The maximum atomic E-state index is 11.4. The second-order valence-corrected chi connectivity index (χ2v) is 3.81. The summed E-state index contributed by atoms with van der Waals surface area (Å²) >= 11 is 0. The summed E-state index contributed by atoms with van der Waals surface area (Å²) in [5.41, 5.74) is 1.05. The molecule has 0 fully saturated rings. The second-order valence-electron chi connectivity index (χ2n) is 3.81. The molecule has 0 bridgehead atoms. The smallest absolute Gasteiger partial charge is 0.322 e. The van der Waals surface area contributed by atoms with Crippen molar-refractivity contribution in [1.29, 1.82) is 0 Å². The minimum Gasteiger partial charge on any atom is -0.465 e. The van der Waals surface area contributed by atoms with Gasteiger partial charge in [-0.2, -0.15) is 5.10 Å². The lowest BCUT2D eigenvalue weighted by Gasteiger charge is -2.17. The highest BCUT2D eigenvalue weighted by molar-refractivity contribution is 5.75. The number of rotatable bonds is 5. The number of aromatic nitrogens is 2. The van der Waals surface area contributed by atoms with Gasteiger partial charge in [0, 0.05) is 24.8 Å². The molecule has 90 valence electrons. The standard InChI is InChI=1S/C11H19N3O2/c1-5-16-11(15)9(3)13-8(2)10-6-12-14(4)7-10/h6-9,13H,5H2,1-4H3. The van der Waals surface area contributed by atoms with Crippen molar-refractivity contribution in [3.63, 3.8) is 0 Å². The summed E-state index contributed by atoms with van der Waals surface area (Å²) in [6.07, 6.45) is 3.71. The van der Waals surface area contributed by atoms with Gasteiger partial charge in [-0.25, -0.2) is 0 Å². The van der Waals surface area contributed by atoms with Gasteiger partial charge in [0.1, 0.15) is 6.04 Å². The molecule has 0 aliphatic heterocycles. The van der Waals surface area contributed by atoms with Crippen molar-refractivity contribution < 1.29 is 9.53 Å². The maximum absolute atomic E-state index is 11.4. The van der Waals surface area contributed by atoms with Gasteiger partial charge >= 0.3 is 5.97 Å². The first-order valence-electron chi connectivity index (χ1n) is 5.45. The molecule has 0 saturated carbocycles. The Bertz CT molecular complexity index is 349. The zero-order valence-corrected chi connectivity index (χ0v) is 10.2. The molecule has 0 saturated heterocycles. The molecule has 2 unspecified atom stereocenters. The Morgan fingerprint density at radius 3 is 2.81 bits per heavy atom. The largest absolute Gasteiger partial charge is 0.465 e. The molecule has 0 aliphatic carbocycles. The highest BCUT2D eigenvalue weighted by Gasteiger charge is 2.17. The van der Waals surface area contributed by atoms with E-state index in [9.17, 15) is 4.79 Å². The zero-order chi connectivity index (χ0) is 12.1. The number of nitrogens with one attached hydrogen (secondary N) is 1. The maximum Gasteiger partial charge on any atom is 0.322 e. The molecule has 0 aromatic carbocycles. The average molecular weight is 225 g/mol. The van der Waals surface area contributed by atoms with Gasteiger partial charge in [0.25, 0.3) is 0 Å². The van der Waals surface area contributed by atoms with E-state index in [-0.39, 0.29) is 18.1 Å². The first-order chi connectivity index (χ1) is 7.54. The van der Waals surface area contributed by atoms with Gasteiger partial charge in [-0.05, 0) is 20.8 Å². The third-order valence-corrected chi connectivity index (χ3v) is 2.36. The Kier molecular flexibility index (Phi) is 4.49. The van der Waals surface area contributed by atoms with Crippen molar-refractivity contribution in [2.24, 2.45) is 7.05 Å². The predicted molar refractivity (Wildman–Crippen MR) is 60.9 cm³/mol. The van der Waals surface area contributed by atoms with Gasteiger partial charge in [-0.15, -0.1) is 0 Å². The molecule has 2 atom stereocenters. The van der Waals surface area contributed by atoms with E-state index in [1.54, 1.807) is 24.7 Å². The second kappa shape index (κ2) is 5.65. The average Bonchev–Trinajstić information content (AvgIpc) is 2.65. The molecule has 1 aromatic heterocycles. The molecule has 0 spiro atoms. The van der Waals surface area contributed by atoms with E-state index >= 15 is 0 Å². The van der Waals surface area contributed by atoms with Crippen LogP contribution in [0.1, 0.15) is 32.4 Å². The van der Waals surface area contributed by atoms with Gasteiger partial charge in [0.05, 0.1) is 12.8 Å². The lowest BCUT2D eigenvalue weighted by molar-refractivity contribution is -0.145. The molecule has 0 aliphatic rings. The van der Waals surface area contributed by atoms with Gasteiger partial charge in [0.15, 0.2) is 0 Å². The molecule has 1 N–H and O–H groups in total. The number of carbonyl (C=O) groups is 1. The zero-order valence-electron chi connectivity index (χ0n) is 10.2. The summed E-state index contributed by atoms with van der Waals surface area (Å²) in [5, 5.41) is 7.25. The fourth-order valence-corrected chi connectivity index (χ4v) is 1.47. The Hall–Kier alpha value is -1.36. The number of hydrogen-bond acceptors (Lipinski definition) is 4. The molecule has 0 radical (unpaired) electrons. The van der Waals surface area contributed by atoms with Crippen molar-refractivity contribution in [2.75, 3.05) is 6.61 Å². The van der Waals surface area contributed by atoms with Gasteiger partial charge in [0.2, 0.25) is 0 Å². The fourth-order valence-electron chi connectivity index (χ4n) is 1.47. The number of esters is 1. The van der Waals surface area contributed by atoms with Crippen LogP contribution in [0.5, 0.6) is 0 Å². The predicted octanol–water partition coefficient (Wildman–Crippen LogP) is 1.02. The van der Waals surface area contributed by atoms with Crippen molar-refractivity contribution in [3.8, 4) is 0 Å². The molecule has 16 heavy (non-hydrogen) atoms. The SMILES string of the molecule is CCOC(=O)C(C)NC(C)c1cnn(C)c1. The first-order valence-corrected chi connectivity index (χ1v) is 5.45. The van der Waals surface area contributed by atoms with Gasteiger partial charge in [-0.3, -0.25) is 14.8 Å². The van der Waals surface area contributed by atoms with Crippen molar-refractivity contribution in [1.82, 2.24) is 15.1 Å². The molecule has 5 nitrogen and oxygen atoms in total. The Labute approximate surface area is 95.8 Å². The Morgan fingerprint density at radius 1 is 1.62 bits per heavy atom. The lowest BCUT2D eigenvalue weighted by atomic mass is 10.1. The number of carbonyl (C=O) groups excluding carboxylic acids is 1. The van der Waals surface area contributed by atoms with Crippen LogP contribution in [0.4, 0.5) is 0 Å². The summed E-state index contributed by atoms with van der Waals surface area (Å²) in [5.74, 6) is -0.224. The minimum absolute atomic E-state index is 0.0770. The van der Waals surface area contributed by atoms with Crippen molar-refractivity contribution in [2.45, 2.75) is 32.9 Å². The molecular formula is C11H19N3O2. The van der Waals surface area contributed by atoms with Crippen LogP contribution < -0.4 is 5.32 Å². The molecule has 1 rings (SSSR count). The van der Waals surface area contributed by atoms with Crippen LogP contribution in [0.15, 0.2) is 12.4 Å². The molecule has 1 aromatic rings. The number of hydrogen-bond donors (Lipinski definition) is 1. The normalized spacial score (nSPS) is 14.5. The third-order valence-electron chi connectivity index (χ3n) is 2.36. The fraction of sp³-hybridized carbons (Fsp3) is 0.636. The summed E-state index contributed by atoms with van der Waals surface area (Å²) < 4.78 is 6.66. The van der Waals surface area contributed by atoms with Gasteiger partial charge in [-0.1, -0.05) is 0 Å². The number of aryl methyl sites for hydroxylation is 1. The monoisotopic (exact) mass is 225 g/mol. The van der Waals surface area contributed by atoms with E-state index in [0.717, 1.165) is 5.56 Å². The summed E-state index contributed by atoms with van der Waals surface area (Å²) in [7, 11) is 1.87. The first kappa shape index (κ1) is 12.7. The van der Waals surface area contributed by atoms with Crippen LogP contribution in [0, 0.1) is 0 Å². The van der Waals surface area contributed by atoms with E-state index in [1.165, 1.54) is 0 Å². The molecule has 1 heterocycles. The van der Waals surface area contributed by atoms with E-state index in [2.05, 4.69) is 10.4 Å². The van der Waals surface area contributed by atoms with Crippen molar-refractivity contribution in [3.05, 3.63) is 18.0 Å².